The number of carbonyl (C=O) groups is 1. The van der Waals surface area contributed by atoms with Crippen molar-refractivity contribution in [1.29, 1.82) is 0 Å². The lowest BCUT2D eigenvalue weighted by molar-refractivity contribution is 0.0288. The number of nitrogens with zero attached hydrogens (tertiary/aromatic N) is 1. The van der Waals surface area contributed by atoms with Crippen molar-refractivity contribution in [2.24, 2.45) is 11.8 Å². The second-order valence-corrected chi connectivity index (χ2v) is 7.26. The van der Waals surface area contributed by atoms with Crippen LogP contribution in [-0.4, -0.2) is 42.3 Å². The fourth-order valence-corrected chi connectivity index (χ4v) is 2.89. The highest BCUT2D eigenvalue weighted by atomic mass is 16.6. The molecule has 1 saturated heterocycles. The molecule has 2 fully saturated rings. The summed E-state index contributed by atoms with van der Waals surface area (Å²) in [5, 5.41) is 3.62. The fourth-order valence-electron chi connectivity index (χ4n) is 2.89. The van der Waals surface area contributed by atoms with Crippen LogP contribution in [-0.2, 0) is 4.74 Å². The molecule has 1 atom stereocenters. The molecule has 1 heterocycles. The Morgan fingerprint density at radius 3 is 2.63 bits per heavy atom. The quantitative estimate of drug-likeness (QED) is 0.855. The summed E-state index contributed by atoms with van der Waals surface area (Å²) >= 11 is 0. The second-order valence-electron chi connectivity index (χ2n) is 7.26. The Morgan fingerprint density at radius 2 is 2.05 bits per heavy atom. The summed E-state index contributed by atoms with van der Waals surface area (Å²) in [5.41, 5.74) is -0.393. The van der Waals surface area contributed by atoms with Gasteiger partial charge in [0.1, 0.15) is 5.60 Å². The summed E-state index contributed by atoms with van der Waals surface area (Å²) < 4.78 is 5.41. The molecule has 1 aliphatic heterocycles. The number of carbonyl (C=O) groups excluding carboxylic acids is 1. The first-order valence-electron chi connectivity index (χ1n) is 7.55. The molecule has 4 heteroatoms. The monoisotopic (exact) mass is 268 g/mol. The van der Waals surface area contributed by atoms with E-state index in [1.165, 1.54) is 12.8 Å². The van der Waals surface area contributed by atoms with E-state index >= 15 is 0 Å². The van der Waals surface area contributed by atoms with Crippen LogP contribution in [0.25, 0.3) is 0 Å². The molecule has 110 valence electrons. The first kappa shape index (κ1) is 14.6. The summed E-state index contributed by atoms with van der Waals surface area (Å²) in [5.74, 6) is 1.47. The Labute approximate surface area is 116 Å². The highest BCUT2D eigenvalue weighted by Gasteiger charge is 2.31. The average Bonchev–Trinajstić information content (AvgIpc) is 2.69. The Balaban J connectivity index is 1.66. The highest BCUT2D eigenvalue weighted by molar-refractivity contribution is 5.68. The van der Waals surface area contributed by atoms with Gasteiger partial charge in [0, 0.05) is 19.1 Å². The van der Waals surface area contributed by atoms with Crippen LogP contribution in [0.1, 0.15) is 47.0 Å². The van der Waals surface area contributed by atoms with Crippen molar-refractivity contribution in [1.82, 2.24) is 10.2 Å². The zero-order valence-electron chi connectivity index (χ0n) is 12.7. The average molecular weight is 268 g/mol. The molecule has 2 rings (SSSR count). The van der Waals surface area contributed by atoms with Crippen LogP contribution in [0.3, 0.4) is 0 Å². The molecular weight excluding hydrogens is 240 g/mol. The maximum absolute atomic E-state index is 11.9. The molecule has 0 radical (unpaired) electrons. The minimum Gasteiger partial charge on any atom is -0.444 e. The van der Waals surface area contributed by atoms with Crippen LogP contribution in [0.15, 0.2) is 0 Å². The summed E-state index contributed by atoms with van der Waals surface area (Å²) in [6, 6.07) is 0.713. The van der Waals surface area contributed by atoms with Crippen LogP contribution in [0.2, 0.25) is 0 Å². The van der Waals surface area contributed by atoms with E-state index < -0.39 is 5.60 Å². The standard InChI is InChI=1S/C15H28N2O2/c1-11-7-13(8-11)16-9-12-5-6-17(10-12)14(18)19-15(2,3)4/h11-13,16H,5-10H2,1-4H3. The van der Waals surface area contributed by atoms with E-state index in [1.807, 2.05) is 25.7 Å². The van der Waals surface area contributed by atoms with Gasteiger partial charge in [0.25, 0.3) is 0 Å². The first-order chi connectivity index (χ1) is 8.83. The Morgan fingerprint density at radius 1 is 1.37 bits per heavy atom. The second kappa shape index (κ2) is 5.70. The predicted molar refractivity (Wildman–Crippen MR) is 76.1 cm³/mol. The van der Waals surface area contributed by atoms with Gasteiger partial charge in [0.2, 0.25) is 0 Å². The molecule has 0 spiro atoms. The summed E-state index contributed by atoms with van der Waals surface area (Å²) in [7, 11) is 0. The summed E-state index contributed by atoms with van der Waals surface area (Å²) in [6.45, 7) is 10.8. The van der Waals surface area contributed by atoms with Crippen molar-refractivity contribution < 1.29 is 9.53 Å². The fraction of sp³-hybridized carbons (Fsp3) is 0.933. The number of amides is 1. The molecule has 4 nitrogen and oxygen atoms in total. The minimum atomic E-state index is -0.393. The molecule has 1 N–H and O–H groups in total. The van der Waals surface area contributed by atoms with E-state index in [-0.39, 0.29) is 6.09 Å². The zero-order chi connectivity index (χ0) is 14.0. The van der Waals surface area contributed by atoms with Crippen LogP contribution in [0.5, 0.6) is 0 Å². The van der Waals surface area contributed by atoms with Gasteiger partial charge in [-0.3, -0.25) is 0 Å². The lowest BCUT2D eigenvalue weighted by Crippen LogP contribution is -2.43. The smallest absolute Gasteiger partial charge is 0.410 e. The first-order valence-corrected chi connectivity index (χ1v) is 7.55. The maximum Gasteiger partial charge on any atom is 0.410 e. The predicted octanol–water partition coefficient (Wildman–Crippen LogP) is 2.63. The number of ether oxygens (including phenoxy) is 1. The molecule has 0 aromatic heterocycles. The van der Waals surface area contributed by atoms with Gasteiger partial charge in [-0.15, -0.1) is 0 Å². The van der Waals surface area contributed by atoms with E-state index in [9.17, 15) is 4.79 Å². The van der Waals surface area contributed by atoms with Crippen molar-refractivity contribution in [2.45, 2.75) is 58.6 Å². The van der Waals surface area contributed by atoms with Crippen molar-refractivity contribution in [3.8, 4) is 0 Å². The van der Waals surface area contributed by atoms with Gasteiger partial charge in [0.05, 0.1) is 0 Å². The molecule has 1 saturated carbocycles. The van der Waals surface area contributed by atoms with E-state index in [1.54, 1.807) is 0 Å². The van der Waals surface area contributed by atoms with Gasteiger partial charge in [0.15, 0.2) is 0 Å². The van der Waals surface area contributed by atoms with E-state index in [2.05, 4.69) is 12.2 Å². The van der Waals surface area contributed by atoms with Gasteiger partial charge in [-0.2, -0.15) is 0 Å². The van der Waals surface area contributed by atoms with Crippen LogP contribution < -0.4 is 5.32 Å². The number of nitrogens with one attached hydrogen (secondary N) is 1. The number of hydrogen-bond donors (Lipinski definition) is 1. The van der Waals surface area contributed by atoms with E-state index in [0.29, 0.717) is 12.0 Å². The van der Waals surface area contributed by atoms with Gasteiger partial charge >= 0.3 is 6.09 Å². The molecule has 1 unspecified atom stereocenters. The Hall–Kier alpha value is -0.770. The molecule has 1 aliphatic carbocycles. The van der Waals surface area contributed by atoms with Gasteiger partial charge < -0.3 is 15.0 Å². The third kappa shape index (κ3) is 4.37. The molecule has 2 aliphatic rings. The van der Waals surface area contributed by atoms with Crippen molar-refractivity contribution in [2.75, 3.05) is 19.6 Å². The van der Waals surface area contributed by atoms with E-state index in [0.717, 1.165) is 32.0 Å². The summed E-state index contributed by atoms with van der Waals surface area (Å²) in [4.78, 5) is 13.8. The van der Waals surface area contributed by atoms with Crippen LogP contribution in [0.4, 0.5) is 4.79 Å². The molecule has 0 bridgehead atoms. The van der Waals surface area contributed by atoms with Gasteiger partial charge in [-0.25, -0.2) is 4.79 Å². The maximum atomic E-state index is 11.9. The van der Waals surface area contributed by atoms with Crippen molar-refractivity contribution in [3.63, 3.8) is 0 Å². The SMILES string of the molecule is CC1CC(NCC2CCN(C(=O)OC(C)(C)C)C2)C1. The number of rotatable bonds is 3. The molecule has 19 heavy (non-hydrogen) atoms. The van der Waals surface area contributed by atoms with Gasteiger partial charge in [-0.05, 0) is 58.4 Å². The largest absolute Gasteiger partial charge is 0.444 e. The Bertz CT molecular complexity index is 319. The lowest BCUT2D eigenvalue weighted by Gasteiger charge is -2.34. The minimum absolute atomic E-state index is 0.160. The number of hydrogen-bond acceptors (Lipinski definition) is 3. The third-order valence-electron chi connectivity index (χ3n) is 4.01. The molecular formula is C15H28N2O2. The summed E-state index contributed by atoms with van der Waals surface area (Å²) in [6.07, 6.45) is 3.55. The van der Waals surface area contributed by atoms with Crippen molar-refractivity contribution in [3.05, 3.63) is 0 Å². The molecule has 0 aromatic rings. The number of likely N-dealkylation sites (tertiary alicyclic amines) is 1. The lowest BCUT2D eigenvalue weighted by atomic mass is 9.82. The van der Waals surface area contributed by atoms with Crippen molar-refractivity contribution >= 4 is 6.09 Å². The zero-order valence-corrected chi connectivity index (χ0v) is 12.7. The van der Waals surface area contributed by atoms with Gasteiger partial charge in [-0.1, -0.05) is 6.92 Å². The molecule has 0 aromatic carbocycles. The normalized spacial score (nSPS) is 31.2. The Kier molecular flexibility index (Phi) is 4.39. The van der Waals surface area contributed by atoms with E-state index in [4.69, 9.17) is 4.74 Å². The topological polar surface area (TPSA) is 41.6 Å². The molecule has 1 amide bonds. The van der Waals surface area contributed by atoms with Crippen LogP contribution in [0, 0.1) is 11.8 Å². The third-order valence-corrected chi connectivity index (χ3v) is 4.01. The highest BCUT2D eigenvalue weighted by Crippen LogP contribution is 2.27. The van der Waals surface area contributed by atoms with Crippen LogP contribution >= 0.6 is 0 Å².